The van der Waals surface area contributed by atoms with E-state index in [-0.39, 0.29) is 29.5 Å². The van der Waals surface area contributed by atoms with E-state index in [2.05, 4.69) is 20.9 Å². The van der Waals surface area contributed by atoms with E-state index < -0.39 is 11.9 Å². The molecule has 0 radical (unpaired) electrons. The Balaban J connectivity index is 1.39. The number of nitrogens with one attached hydrogen (secondary N) is 3. The average molecular weight is 534 g/mol. The van der Waals surface area contributed by atoms with Gasteiger partial charge in [-0.05, 0) is 68.1 Å². The Hall–Kier alpha value is -3.53. The normalized spacial score (nSPS) is 17.8. The highest BCUT2D eigenvalue weighted by Gasteiger charge is 2.34. The summed E-state index contributed by atoms with van der Waals surface area (Å²) >= 11 is 6.09. The monoisotopic (exact) mass is 533 g/mol. The minimum Gasteiger partial charge on any atom is -0.382 e. The molecule has 11 heteroatoms. The SMILES string of the molecule is CN(C)C(=O)Nc1cccc(C(=O)N[C@H]2CC[C@@H](Nc3cc(C(F)(F)F)nc4ccc(Cl)cc34)CC2)c1. The maximum Gasteiger partial charge on any atom is 0.433 e. The van der Waals surface area contributed by atoms with Crippen molar-refractivity contribution < 1.29 is 22.8 Å². The van der Waals surface area contributed by atoms with Gasteiger partial charge in [-0.2, -0.15) is 13.2 Å². The van der Waals surface area contributed by atoms with Crippen LogP contribution in [0.3, 0.4) is 0 Å². The highest BCUT2D eigenvalue weighted by Crippen LogP contribution is 2.35. The molecule has 1 aromatic heterocycles. The Morgan fingerprint density at radius 2 is 1.70 bits per heavy atom. The largest absolute Gasteiger partial charge is 0.433 e. The molecule has 37 heavy (non-hydrogen) atoms. The molecule has 3 aromatic rings. The predicted molar refractivity (Wildman–Crippen MR) is 138 cm³/mol. The second-order valence-electron chi connectivity index (χ2n) is 9.29. The molecule has 7 nitrogen and oxygen atoms in total. The van der Waals surface area contributed by atoms with Gasteiger partial charge in [0.1, 0.15) is 5.69 Å². The highest BCUT2D eigenvalue weighted by atomic mass is 35.5. The van der Waals surface area contributed by atoms with Gasteiger partial charge in [-0.1, -0.05) is 17.7 Å². The maximum absolute atomic E-state index is 13.4. The number of hydrogen-bond donors (Lipinski definition) is 3. The summed E-state index contributed by atoms with van der Waals surface area (Å²) in [5.41, 5.74) is 0.532. The fourth-order valence-electron chi connectivity index (χ4n) is 4.31. The average Bonchev–Trinajstić information content (AvgIpc) is 2.85. The molecular formula is C26H27ClF3N5O2. The summed E-state index contributed by atoms with van der Waals surface area (Å²) in [6.07, 6.45) is -1.92. The van der Waals surface area contributed by atoms with Crippen LogP contribution >= 0.6 is 11.6 Å². The molecule has 0 unspecified atom stereocenters. The second kappa shape index (κ2) is 10.8. The first-order valence-corrected chi connectivity index (χ1v) is 12.2. The summed E-state index contributed by atoms with van der Waals surface area (Å²) in [5, 5.41) is 9.92. The molecule has 1 fully saturated rings. The lowest BCUT2D eigenvalue weighted by Crippen LogP contribution is -2.40. The number of urea groups is 1. The van der Waals surface area contributed by atoms with E-state index >= 15 is 0 Å². The van der Waals surface area contributed by atoms with Crippen molar-refractivity contribution in [2.45, 2.75) is 43.9 Å². The van der Waals surface area contributed by atoms with Crippen LogP contribution in [0.25, 0.3) is 10.9 Å². The Labute approximate surface area is 217 Å². The van der Waals surface area contributed by atoms with Gasteiger partial charge in [0.15, 0.2) is 0 Å². The molecule has 0 bridgehead atoms. The zero-order valence-electron chi connectivity index (χ0n) is 20.3. The molecular weight excluding hydrogens is 507 g/mol. The van der Waals surface area contributed by atoms with Crippen molar-refractivity contribution in [2.24, 2.45) is 0 Å². The number of carbonyl (C=O) groups excluding carboxylic acids is 2. The van der Waals surface area contributed by atoms with Gasteiger partial charge in [0, 0.05) is 53.5 Å². The number of pyridine rings is 1. The van der Waals surface area contributed by atoms with Crippen LogP contribution in [0.15, 0.2) is 48.5 Å². The van der Waals surface area contributed by atoms with Crippen LogP contribution in [0.5, 0.6) is 0 Å². The summed E-state index contributed by atoms with van der Waals surface area (Å²) < 4.78 is 40.2. The molecule has 1 heterocycles. The van der Waals surface area contributed by atoms with Gasteiger partial charge in [0.25, 0.3) is 5.91 Å². The molecule has 0 spiro atoms. The van der Waals surface area contributed by atoms with Crippen molar-refractivity contribution in [1.29, 1.82) is 0 Å². The molecule has 3 amide bonds. The van der Waals surface area contributed by atoms with Crippen molar-refractivity contribution in [2.75, 3.05) is 24.7 Å². The number of fused-ring (bicyclic) bond motifs is 1. The number of carbonyl (C=O) groups is 2. The number of rotatable bonds is 5. The van der Waals surface area contributed by atoms with Crippen LogP contribution in [0.4, 0.5) is 29.3 Å². The lowest BCUT2D eigenvalue weighted by atomic mass is 9.90. The molecule has 1 aliphatic carbocycles. The van der Waals surface area contributed by atoms with Crippen molar-refractivity contribution >= 4 is 45.8 Å². The summed E-state index contributed by atoms with van der Waals surface area (Å²) in [4.78, 5) is 29.8. The zero-order valence-corrected chi connectivity index (χ0v) is 21.1. The summed E-state index contributed by atoms with van der Waals surface area (Å²) in [6.45, 7) is 0. The van der Waals surface area contributed by atoms with E-state index in [1.807, 2.05) is 0 Å². The van der Waals surface area contributed by atoms with Gasteiger partial charge in [0.2, 0.25) is 0 Å². The smallest absolute Gasteiger partial charge is 0.382 e. The van der Waals surface area contributed by atoms with Crippen molar-refractivity contribution in [1.82, 2.24) is 15.2 Å². The number of halogens is 4. The van der Waals surface area contributed by atoms with Crippen LogP contribution in [0.2, 0.25) is 5.02 Å². The Bertz CT molecular complexity index is 1310. The molecule has 0 saturated heterocycles. The third-order valence-corrected chi connectivity index (χ3v) is 6.50. The lowest BCUT2D eigenvalue weighted by Gasteiger charge is -2.31. The number of hydrogen-bond acceptors (Lipinski definition) is 4. The molecule has 0 aliphatic heterocycles. The van der Waals surface area contributed by atoms with Crippen molar-refractivity contribution in [3.8, 4) is 0 Å². The standard InChI is InChI=1S/C26H27ClF3N5O2/c1-35(2)25(37)33-19-5-3-4-15(12-19)24(36)32-18-9-7-17(8-10-18)31-22-14-23(26(28,29)30)34-21-11-6-16(27)13-20(21)22/h3-6,11-14,17-18H,7-10H2,1-2H3,(H,31,34)(H,32,36)(H,33,37)/t17-,18+. The van der Waals surface area contributed by atoms with Crippen LogP contribution in [-0.4, -0.2) is 48.0 Å². The van der Waals surface area contributed by atoms with Crippen LogP contribution in [-0.2, 0) is 6.18 Å². The predicted octanol–water partition coefficient (Wildman–Crippen LogP) is 6.15. The molecule has 196 valence electrons. The van der Waals surface area contributed by atoms with Gasteiger partial charge in [-0.15, -0.1) is 0 Å². The fraction of sp³-hybridized carbons (Fsp3) is 0.346. The second-order valence-corrected chi connectivity index (χ2v) is 9.72. The van der Waals surface area contributed by atoms with E-state index in [9.17, 15) is 22.8 Å². The molecule has 4 rings (SSSR count). The number of anilines is 2. The lowest BCUT2D eigenvalue weighted by molar-refractivity contribution is -0.140. The first kappa shape index (κ1) is 26.5. The summed E-state index contributed by atoms with van der Waals surface area (Å²) in [6, 6.07) is 11.9. The quantitative estimate of drug-likeness (QED) is 0.367. The molecule has 0 atom stereocenters. The number of benzene rings is 2. The molecule has 1 aliphatic rings. The molecule has 2 aromatic carbocycles. The van der Waals surface area contributed by atoms with E-state index in [1.165, 1.54) is 17.0 Å². The summed E-state index contributed by atoms with van der Waals surface area (Å²) in [5.74, 6) is -0.248. The minimum absolute atomic E-state index is 0.0663. The van der Waals surface area contributed by atoms with E-state index in [0.29, 0.717) is 53.0 Å². The number of aromatic nitrogens is 1. The molecule has 1 saturated carbocycles. The number of amides is 3. The van der Waals surface area contributed by atoms with Gasteiger partial charge in [-0.3, -0.25) is 4.79 Å². The van der Waals surface area contributed by atoms with Gasteiger partial charge in [0.05, 0.1) is 5.52 Å². The fourth-order valence-corrected chi connectivity index (χ4v) is 4.48. The Morgan fingerprint density at radius 3 is 2.38 bits per heavy atom. The van der Waals surface area contributed by atoms with Crippen molar-refractivity contribution in [3.05, 3.63) is 64.8 Å². The zero-order chi connectivity index (χ0) is 26.7. The maximum atomic E-state index is 13.4. The van der Waals surface area contributed by atoms with Gasteiger partial charge < -0.3 is 20.9 Å². The molecule has 3 N–H and O–H groups in total. The van der Waals surface area contributed by atoms with Gasteiger partial charge in [-0.25, -0.2) is 9.78 Å². The van der Waals surface area contributed by atoms with E-state index in [4.69, 9.17) is 11.6 Å². The van der Waals surface area contributed by atoms with Crippen molar-refractivity contribution in [3.63, 3.8) is 0 Å². The van der Waals surface area contributed by atoms with E-state index in [1.54, 1.807) is 44.4 Å². The third kappa shape index (κ3) is 6.62. The minimum atomic E-state index is -4.57. The summed E-state index contributed by atoms with van der Waals surface area (Å²) in [7, 11) is 3.25. The highest BCUT2D eigenvalue weighted by molar-refractivity contribution is 6.31. The van der Waals surface area contributed by atoms with Crippen LogP contribution in [0, 0.1) is 0 Å². The first-order chi connectivity index (χ1) is 17.5. The Kier molecular flexibility index (Phi) is 7.77. The van der Waals surface area contributed by atoms with Gasteiger partial charge >= 0.3 is 12.2 Å². The topological polar surface area (TPSA) is 86.4 Å². The number of nitrogens with zero attached hydrogens (tertiary/aromatic N) is 2. The Morgan fingerprint density at radius 1 is 1.00 bits per heavy atom. The first-order valence-electron chi connectivity index (χ1n) is 11.8. The van der Waals surface area contributed by atoms with Crippen LogP contribution < -0.4 is 16.0 Å². The third-order valence-electron chi connectivity index (χ3n) is 6.27. The van der Waals surface area contributed by atoms with Crippen LogP contribution in [0.1, 0.15) is 41.7 Å². The van der Waals surface area contributed by atoms with E-state index in [0.717, 1.165) is 6.07 Å². The number of alkyl halides is 3.